The van der Waals surface area contributed by atoms with E-state index in [0.717, 1.165) is 16.7 Å². The highest BCUT2D eigenvalue weighted by Crippen LogP contribution is 2.22. The average Bonchev–Trinajstić information content (AvgIpc) is 2.60. The fourth-order valence-electron chi connectivity index (χ4n) is 2.11. The van der Waals surface area contributed by atoms with Crippen molar-refractivity contribution < 1.29 is 4.74 Å². The van der Waals surface area contributed by atoms with E-state index in [1.807, 2.05) is 42.5 Å². The number of rotatable bonds is 2. The van der Waals surface area contributed by atoms with Crippen LogP contribution in [0.25, 0.3) is 11.1 Å². The summed E-state index contributed by atoms with van der Waals surface area (Å²) in [5.41, 5.74) is 9.31. The summed E-state index contributed by atoms with van der Waals surface area (Å²) in [5, 5.41) is 0. The highest BCUT2D eigenvalue weighted by molar-refractivity contribution is 5.67. The van der Waals surface area contributed by atoms with Crippen LogP contribution < -0.4 is 10.5 Å². The van der Waals surface area contributed by atoms with E-state index in [4.69, 9.17) is 10.5 Å². The maximum atomic E-state index is 5.90. The fraction of sp³-hybridized carbons (Fsp3) is 0.0526. The third-order valence-electron chi connectivity index (χ3n) is 3.23. The van der Waals surface area contributed by atoms with Gasteiger partial charge in [-0.05, 0) is 41.8 Å². The van der Waals surface area contributed by atoms with E-state index >= 15 is 0 Å². The number of ether oxygens (including phenoxy) is 1. The van der Waals surface area contributed by atoms with E-state index in [-0.39, 0.29) is 0 Å². The molecule has 2 heterocycles. The van der Waals surface area contributed by atoms with Gasteiger partial charge in [-0.1, -0.05) is 24.1 Å². The predicted molar refractivity (Wildman–Crippen MR) is 90.9 cm³/mol. The fourth-order valence-corrected chi connectivity index (χ4v) is 2.11. The summed E-state index contributed by atoms with van der Waals surface area (Å²) in [6.07, 6.45) is 1.74. The molecule has 2 N–H and O–H groups in total. The van der Waals surface area contributed by atoms with Gasteiger partial charge in [0.05, 0.1) is 7.11 Å². The molecule has 0 aliphatic heterocycles. The van der Waals surface area contributed by atoms with Crippen molar-refractivity contribution in [2.75, 3.05) is 12.8 Å². The predicted octanol–water partition coefficient (Wildman–Crippen LogP) is 3.13. The molecule has 2 aromatic heterocycles. The molecule has 3 aromatic rings. The first-order valence-corrected chi connectivity index (χ1v) is 7.09. The molecule has 23 heavy (non-hydrogen) atoms. The van der Waals surface area contributed by atoms with E-state index in [1.165, 1.54) is 0 Å². The smallest absolute Gasteiger partial charge is 0.212 e. The zero-order valence-corrected chi connectivity index (χ0v) is 12.7. The van der Waals surface area contributed by atoms with Gasteiger partial charge in [0.1, 0.15) is 11.5 Å². The molecule has 0 bridgehead atoms. The Morgan fingerprint density at radius 2 is 1.78 bits per heavy atom. The second-order valence-electron chi connectivity index (χ2n) is 4.87. The zero-order valence-electron chi connectivity index (χ0n) is 12.7. The minimum atomic E-state index is 0.427. The van der Waals surface area contributed by atoms with Crippen molar-refractivity contribution in [1.82, 2.24) is 9.97 Å². The molecule has 0 amide bonds. The van der Waals surface area contributed by atoms with E-state index in [1.54, 1.807) is 25.4 Å². The Labute approximate surface area is 135 Å². The van der Waals surface area contributed by atoms with Crippen LogP contribution in [0, 0.1) is 11.8 Å². The summed E-state index contributed by atoms with van der Waals surface area (Å²) in [5.74, 6) is 7.13. The first-order valence-electron chi connectivity index (χ1n) is 7.09. The Morgan fingerprint density at radius 3 is 2.48 bits per heavy atom. The average molecular weight is 301 g/mol. The van der Waals surface area contributed by atoms with Crippen LogP contribution in [-0.2, 0) is 0 Å². The molecule has 0 saturated heterocycles. The molecule has 3 rings (SSSR count). The van der Waals surface area contributed by atoms with E-state index in [0.29, 0.717) is 17.4 Å². The summed E-state index contributed by atoms with van der Waals surface area (Å²) in [6, 6.07) is 17.2. The highest BCUT2D eigenvalue weighted by atomic mass is 16.5. The Balaban J connectivity index is 1.94. The number of hydrogen-bond acceptors (Lipinski definition) is 4. The number of benzene rings is 1. The first kappa shape index (κ1) is 14.6. The Kier molecular flexibility index (Phi) is 4.21. The van der Waals surface area contributed by atoms with Gasteiger partial charge in [-0.15, -0.1) is 0 Å². The summed E-state index contributed by atoms with van der Waals surface area (Å²) in [7, 11) is 1.59. The number of nitrogens with two attached hydrogens (primary N) is 1. The highest BCUT2D eigenvalue weighted by Gasteiger charge is 2.03. The molecule has 0 aliphatic rings. The number of nitrogen functional groups attached to an aromatic ring is 1. The van der Waals surface area contributed by atoms with E-state index < -0.39 is 0 Å². The number of hydrogen-bond donors (Lipinski definition) is 1. The van der Waals surface area contributed by atoms with Crippen LogP contribution in [0.2, 0.25) is 0 Å². The van der Waals surface area contributed by atoms with Crippen LogP contribution in [-0.4, -0.2) is 17.1 Å². The standard InChI is InChI=1S/C19H15N3O/c1-23-19-10-8-15(13-21-19)16-11-17(22-18(20)12-16)9-7-14-5-3-2-4-6-14/h2-6,8,10-13H,1H3,(H2,20,22). The topological polar surface area (TPSA) is 61.0 Å². The van der Waals surface area contributed by atoms with Crippen molar-refractivity contribution in [3.63, 3.8) is 0 Å². The molecule has 0 atom stereocenters. The lowest BCUT2D eigenvalue weighted by Crippen LogP contribution is -1.95. The van der Waals surface area contributed by atoms with Crippen LogP contribution in [0.1, 0.15) is 11.3 Å². The van der Waals surface area contributed by atoms with Gasteiger partial charge in [0.15, 0.2) is 0 Å². The molecule has 112 valence electrons. The van der Waals surface area contributed by atoms with Crippen LogP contribution in [0.5, 0.6) is 5.88 Å². The molecule has 0 saturated carbocycles. The van der Waals surface area contributed by atoms with Crippen molar-refractivity contribution in [2.24, 2.45) is 0 Å². The zero-order chi connectivity index (χ0) is 16.1. The minimum Gasteiger partial charge on any atom is -0.481 e. The summed E-state index contributed by atoms with van der Waals surface area (Å²) >= 11 is 0. The lowest BCUT2D eigenvalue weighted by molar-refractivity contribution is 0.398. The molecule has 0 fully saturated rings. The van der Waals surface area contributed by atoms with Crippen LogP contribution in [0.3, 0.4) is 0 Å². The Hall–Kier alpha value is -3.32. The van der Waals surface area contributed by atoms with Crippen molar-refractivity contribution in [1.29, 1.82) is 0 Å². The molecule has 0 unspecified atom stereocenters. The maximum absolute atomic E-state index is 5.90. The maximum Gasteiger partial charge on any atom is 0.212 e. The SMILES string of the molecule is COc1ccc(-c2cc(N)nc(C#Cc3ccccc3)c2)cn1. The van der Waals surface area contributed by atoms with Gasteiger partial charge in [-0.25, -0.2) is 9.97 Å². The van der Waals surface area contributed by atoms with Crippen LogP contribution in [0.4, 0.5) is 5.82 Å². The number of pyridine rings is 2. The molecule has 0 spiro atoms. The normalized spacial score (nSPS) is 9.78. The Morgan fingerprint density at radius 1 is 0.957 bits per heavy atom. The van der Waals surface area contributed by atoms with Gasteiger partial charge in [0, 0.05) is 23.4 Å². The van der Waals surface area contributed by atoms with Gasteiger partial charge >= 0.3 is 0 Å². The van der Waals surface area contributed by atoms with E-state index in [2.05, 4.69) is 21.8 Å². The molecule has 0 radical (unpaired) electrons. The van der Waals surface area contributed by atoms with Gasteiger partial charge in [-0.3, -0.25) is 0 Å². The summed E-state index contributed by atoms with van der Waals surface area (Å²) < 4.78 is 5.07. The van der Waals surface area contributed by atoms with Crippen molar-refractivity contribution >= 4 is 5.82 Å². The van der Waals surface area contributed by atoms with Crippen molar-refractivity contribution in [2.45, 2.75) is 0 Å². The summed E-state index contributed by atoms with van der Waals surface area (Å²) in [4.78, 5) is 8.47. The molecule has 4 heteroatoms. The number of methoxy groups -OCH3 is 1. The number of aromatic nitrogens is 2. The third-order valence-corrected chi connectivity index (χ3v) is 3.23. The quantitative estimate of drug-likeness (QED) is 0.739. The van der Waals surface area contributed by atoms with Crippen LogP contribution in [0.15, 0.2) is 60.8 Å². The lowest BCUT2D eigenvalue weighted by atomic mass is 10.1. The number of nitrogens with zero attached hydrogens (tertiary/aromatic N) is 2. The molecule has 0 aliphatic carbocycles. The lowest BCUT2D eigenvalue weighted by Gasteiger charge is -2.04. The van der Waals surface area contributed by atoms with E-state index in [9.17, 15) is 0 Å². The van der Waals surface area contributed by atoms with Gasteiger partial charge < -0.3 is 10.5 Å². The minimum absolute atomic E-state index is 0.427. The molecular formula is C19H15N3O. The van der Waals surface area contributed by atoms with Crippen molar-refractivity contribution in [3.8, 4) is 28.8 Å². The van der Waals surface area contributed by atoms with Crippen LogP contribution >= 0.6 is 0 Å². The molecule has 4 nitrogen and oxygen atoms in total. The largest absolute Gasteiger partial charge is 0.481 e. The van der Waals surface area contributed by atoms with Gasteiger partial charge in [0.2, 0.25) is 5.88 Å². The molecule has 1 aromatic carbocycles. The molecular weight excluding hydrogens is 286 g/mol. The second kappa shape index (κ2) is 6.63. The first-order chi connectivity index (χ1) is 11.2. The summed E-state index contributed by atoms with van der Waals surface area (Å²) in [6.45, 7) is 0. The van der Waals surface area contributed by atoms with Crippen molar-refractivity contribution in [3.05, 3.63) is 72.1 Å². The Bertz CT molecular complexity index is 863. The van der Waals surface area contributed by atoms with Gasteiger partial charge in [-0.2, -0.15) is 0 Å². The monoisotopic (exact) mass is 301 g/mol. The van der Waals surface area contributed by atoms with Gasteiger partial charge in [0.25, 0.3) is 0 Å². The number of anilines is 1. The second-order valence-corrected chi connectivity index (χ2v) is 4.87. The third kappa shape index (κ3) is 3.66.